The summed E-state index contributed by atoms with van der Waals surface area (Å²) >= 11 is 12.3. The monoisotopic (exact) mass is 361 g/mol. The summed E-state index contributed by atoms with van der Waals surface area (Å²) in [7, 11) is 0. The Labute approximate surface area is 150 Å². The van der Waals surface area contributed by atoms with Gasteiger partial charge in [0, 0.05) is 17.1 Å². The summed E-state index contributed by atoms with van der Waals surface area (Å²) in [4.78, 5) is 4.49. The minimum atomic E-state index is -0.253. The lowest BCUT2D eigenvalue weighted by Crippen LogP contribution is -2.18. The predicted octanol–water partition coefficient (Wildman–Crippen LogP) is 3.90. The number of nitrogens with two attached hydrogens (primary N) is 1. The lowest BCUT2D eigenvalue weighted by molar-refractivity contribution is 0.247. The first-order valence-corrected chi connectivity index (χ1v) is 8.28. The molecule has 2 aromatic carbocycles. The van der Waals surface area contributed by atoms with Gasteiger partial charge >= 0.3 is 0 Å². The molecule has 1 atom stereocenters. The molecule has 0 saturated carbocycles. The van der Waals surface area contributed by atoms with Crippen molar-refractivity contribution in [2.45, 2.75) is 12.6 Å². The molecule has 0 aliphatic carbocycles. The average molecular weight is 362 g/mol. The molecule has 0 aliphatic rings. The predicted molar refractivity (Wildman–Crippen MR) is 97.2 cm³/mol. The van der Waals surface area contributed by atoms with Gasteiger partial charge < -0.3 is 15.4 Å². The van der Waals surface area contributed by atoms with Crippen molar-refractivity contribution in [2.75, 3.05) is 6.61 Å². The fourth-order valence-electron chi connectivity index (χ4n) is 2.79. The molecule has 6 heteroatoms. The van der Waals surface area contributed by atoms with Gasteiger partial charge in [-0.1, -0.05) is 53.5 Å². The van der Waals surface area contributed by atoms with Crippen LogP contribution in [-0.4, -0.2) is 21.3 Å². The van der Waals surface area contributed by atoms with Crippen LogP contribution < -0.4 is 5.73 Å². The van der Waals surface area contributed by atoms with E-state index in [0.717, 1.165) is 16.8 Å². The van der Waals surface area contributed by atoms with Gasteiger partial charge in [0.05, 0.1) is 35.4 Å². The Bertz CT molecular complexity index is 834. The SMILES string of the molecule is NCc1c(-c2ccc(Cl)cc2Cl)ncn1C(CO)c1ccccc1. The molecule has 0 spiro atoms. The van der Waals surface area contributed by atoms with Crippen molar-refractivity contribution >= 4 is 23.2 Å². The van der Waals surface area contributed by atoms with Crippen LogP contribution in [0.2, 0.25) is 10.0 Å². The largest absolute Gasteiger partial charge is 0.394 e. The van der Waals surface area contributed by atoms with Gasteiger partial charge in [0.15, 0.2) is 0 Å². The highest BCUT2D eigenvalue weighted by atomic mass is 35.5. The Morgan fingerprint density at radius 1 is 1.12 bits per heavy atom. The van der Waals surface area contributed by atoms with E-state index in [1.54, 1.807) is 18.5 Å². The van der Waals surface area contributed by atoms with E-state index in [-0.39, 0.29) is 19.2 Å². The lowest BCUT2D eigenvalue weighted by Gasteiger charge is -2.19. The van der Waals surface area contributed by atoms with Crippen LogP contribution in [0.25, 0.3) is 11.3 Å². The fourth-order valence-corrected chi connectivity index (χ4v) is 3.29. The molecule has 0 bridgehead atoms. The van der Waals surface area contributed by atoms with Gasteiger partial charge in [0.25, 0.3) is 0 Å². The maximum Gasteiger partial charge on any atom is 0.0963 e. The zero-order valence-electron chi connectivity index (χ0n) is 12.9. The van der Waals surface area contributed by atoms with Crippen molar-refractivity contribution in [3.63, 3.8) is 0 Å². The van der Waals surface area contributed by atoms with E-state index in [2.05, 4.69) is 4.98 Å². The van der Waals surface area contributed by atoms with E-state index < -0.39 is 0 Å². The Morgan fingerprint density at radius 2 is 1.88 bits per heavy atom. The van der Waals surface area contributed by atoms with Crippen LogP contribution in [0.15, 0.2) is 54.9 Å². The molecule has 0 fully saturated rings. The molecule has 0 saturated heterocycles. The Morgan fingerprint density at radius 3 is 2.50 bits per heavy atom. The van der Waals surface area contributed by atoms with Crippen LogP contribution in [-0.2, 0) is 6.54 Å². The van der Waals surface area contributed by atoms with Gasteiger partial charge in [0.1, 0.15) is 0 Å². The van der Waals surface area contributed by atoms with Crippen molar-refractivity contribution in [3.8, 4) is 11.3 Å². The van der Waals surface area contributed by atoms with Crippen LogP contribution >= 0.6 is 23.2 Å². The molecule has 124 valence electrons. The number of hydrogen-bond acceptors (Lipinski definition) is 3. The number of rotatable bonds is 5. The van der Waals surface area contributed by atoms with E-state index in [0.29, 0.717) is 15.7 Å². The molecule has 3 N–H and O–H groups in total. The number of imidazole rings is 1. The molecular formula is C18H17Cl2N3O. The van der Waals surface area contributed by atoms with Gasteiger partial charge in [-0.2, -0.15) is 0 Å². The summed E-state index contributed by atoms with van der Waals surface area (Å²) in [5, 5.41) is 11.0. The summed E-state index contributed by atoms with van der Waals surface area (Å²) < 4.78 is 1.90. The minimum Gasteiger partial charge on any atom is -0.394 e. The smallest absolute Gasteiger partial charge is 0.0963 e. The van der Waals surface area contributed by atoms with E-state index in [1.807, 2.05) is 41.0 Å². The van der Waals surface area contributed by atoms with Gasteiger partial charge in [0.2, 0.25) is 0 Å². The Hall–Kier alpha value is -1.85. The zero-order valence-corrected chi connectivity index (χ0v) is 14.4. The summed E-state index contributed by atoms with van der Waals surface area (Å²) in [6, 6.07) is 14.8. The van der Waals surface area contributed by atoms with Gasteiger partial charge in [-0.3, -0.25) is 0 Å². The molecule has 0 radical (unpaired) electrons. The molecule has 4 nitrogen and oxygen atoms in total. The number of halogens is 2. The first-order chi connectivity index (χ1) is 11.7. The number of nitrogens with zero attached hydrogens (tertiary/aromatic N) is 2. The van der Waals surface area contributed by atoms with Crippen LogP contribution in [0.5, 0.6) is 0 Å². The number of aromatic nitrogens is 2. The van der Waals surface area contributed by atoms with E-state index >= 15 is 0 Å². The Kier molecular flexibility index (Phi) is 5.21. The molecule has 1 heterocycles. The molecular weight excluding hydrogens is 345 g/mol. The zero-order chi connectivity index (χ0) is 17.1. The quantitative estimate of drug-likeness (QED) is 0.724. The third-order valence-electron chi connectivity index (χ3n) is 3.97. The second kappa shape index (κ2) is 7.36. The summed E-state index contributed by atoms with van der Waals surface area (Å²) in [6.07, 6.45) is 1.69. The first kappa shape index (κ1) is 17.0. The number of hydrogen-bond donors (Lipinski definition) is 2. The van der Waals surface area contributed by atoms with Crippen molar-refractivity contribution in [3.05, 3.63) is 76.2 Å². The van der Waals surface area contributed by atoms with Crippen LogP contribution in [0.3, 0.4) is 0 Å². The van der Waals surface area contributed by atoms with Crippen molar-refractivity contribution in [2.24, 2.45) is 5.73 Å². The highest BCUT2D eigenvalue weighted by Crippen LogP contribution is 2.33. The lowest BCUT2D eigenvalue weighted by atomic mass is 10.1. The standard InChI is InChI=1S/C18H17Cl2N3O/c19-13-6-7-14(15(20)8-13)18-16(9-21)23(11-22-18)17(10-24)12-4-2-1-3-5-12/h1-8,11,17,24H,9-10,21H2. The minimum absolute atomic E-state index is 0.0544. The van der Waals surface area contributed by atoms with Gasteiger partial charge in [-0.25, -0.2) is 4.98 Å². The summed E-state index contributed by atoms with van der Waals surface area (Å²) in [6.45, 7) is 0.221. The topological polar surface area (TPSA) is 64.1 Å². The fraction of sp³-hybridized carbons (Fsp3) is 0.167. The number of aliphatic hydroxyl groups excluding tert-OH is 1. The second-order valence-electron chi connectivity index (χ2n) is 5.38. The molecule has 0 aliphatic heterocycles. The molecule has 1 aromatic heterocycles. The van der Waals surface area contributed by atoms with Crippen molar-refractivity contribution in [1.82, 2.24) is 9.55 Å². The Balaban J connectivity index is 2.09. The maximum atomic E-state index is 9.89. The van der Waals surface area contributed by atoms with Crippen LogP contribution in [0, 0.1) is 0 Å². The average Bonchev–Trinajstić information content (AvgIpc) is 3.00. The van der Waals surface area contributed by atoms with Crippen LogP contribution in [0.4, 0.5) is 0 Å². The second-order valence-corrected chi connectivity index (χ2v) is 6.23. The highest BCUT2D eigenvalue weighted by Gasteiger charge is 2.20. The normalized spacial score (nSPS) is 12.3. The number of aliphatic hydroxyl groups is 1. The highest BCUT2D eigenvalue weighted by molar-refractivity contribution is 6.36. The van der Waals surface area contributed by atoms with E-state index in [4.69, 9.17) is 28.9 Å². The van der Waals surface area contributed by atoms with Gasteiger partial charge in [-0.05, 0) is 23.8 Å². The van der Waals surface area contributed by atoms with Crippen molar-refractivity contribution < 1.29 is 5.11 Å². The number of benzene rings is 2. The van der Waals surface area contributed by atoms with Crippen LogP contribution in [0.1, 0.15) is 17.3 Å². The molecule has 24 heavy (non-hydrogen) atoms. The molecule has 3 aromatic rings. The molecule has 1 unspecified atom stereocenters. The molecule has 3 rings (SSSR count). The third-order valence-corrected chi connectivity index (χ3v) is 4.52. The van der Waals surface area contributed by atoms with Gasteiger partial charge in [-0.15, -0.1) is 0 Å². The maximum absolute atomic E-state index is 9.89. The third kappa shape index (κ3) is 3.19. The molecule has 0 amide bonds. The summed E-state index contributed by atoms with van der Waals surface area (Å²) in [5.41, 5.74) is 9.24. The van der Waals surface area contributed by atoms with E-state index in [9.17, 15) is 5.11 Å². The van der Waals surface area contributed by atoms with Crippen molar-refractivity contribution in [1.29, 1.82) is 0 Å². The summed E-state index contributed by atoms with van der Waals surface area (Å²) in [5.74, 6) is 0. The van der Waals surface area contributed by atoms with E-state index in [1.165, 1.54) is 0 Å². The first-order valence-electron chi connectivity index (χ1n) is 7.52.